The molecule has 0 aromatic rings. The van der Waals surface area contributed by atoms with E-state index in [1.165, 1.54) is 308 Å². The average Bonchev–Trinajstić information content (AvgIpc) is 3.49. The Hall–Kier alpha value is -2.37. The minimum Gasteiger partial charge on any atom is -0.462 e. The van der Waals surface area contributed by atoms with Crippen LogP contribution in [-0.2, 0) is 28.6 Å². The Morgan fingerprint density at radius 1 is 0.241 bits per heavy atom. The van der Waals surface area contributed by atoms with Crippen LogP contribution in [0.3, 0.4) is 0 Å². The van der Waals surface area contributed by atoms with Gasteiger partial charge in [-0.2, -0.15) is 0 Å². The van der Waals surface area contributed by atoms with Crippen molar-refractivity contribution < 1.29 is 28.6 Å². The van der Waals surface area contributed by atoms with E-state index >= 15 is 0 Å². The second-order valence-electron chi connectivity index (χ2n) is 25.6. The van der Waals surface area contributed by atoms with Gasteiger partial charge in [0.05, 0.1) is 0 Å². The van der Waals surface area contributed by atoms with Crippen molar-refractivity contribution in [3.8, 4) is 0 Å². The molecule has 0 radical (unpaired) electrons. The van der Waals surface area contributed by atoms with Crippen molar-refractivity contribution in [2.75, 3.05) is 13.2 Å². The van der Waals surface area contributed by atoms with Crippen LogP contribution in [0.1, 0.15) is 419 Å². The van der Waals surface area contributed by atoms with Gasteiger partial charge in [-0.3, -0.25) is 14.4 Å². The summed E-state index contributed by atoms with van der Waals surface area (Å²) in [5, 5.41) is 0. The van der Waals surface area contributed by atoms with Crippen molar-refractivity contribution in [3.63, 3.8) is 0 Å². The minimum absolute atomic E-state index is 0.0651. The van der Waals surface area contributed by atoms with Crippen LogP contribution in [0.4, 0.5) is 0 Å². The normalized spacial score (nSPS) is 12.2. The first-order valence-electron chi connectivity index (χ1n) is 37.5. The zero-order chi connectivity index (χ0) is 59.9. The molecule has 488 valence electrons. The molecule has 0 aliphatic heterocycles. The van der Waals surface area contributed by atoms with E-state index in [-0.39, 0.29) is 31.1 Å². The number of hydrogen-bond acceptors (Lipinski definition) is 6. The molecule has 0 saturated carbocycles. The van der Waals surface area contributed by atoms with E-state index in [9.17, 15) is 14.4 Å². The lowest BCUT2D eigenvalue weighted by molar-refractivity contribution is -0.167. The first-order valence-corrected chi connectivity index (χ1v) is 37.5. The highest BCUT2D eigenvalue weighted by molar-refractivity contribution is 5.71. The van der Waals surface area contributed by atoms with Crippen molar-refractivity contribution in [1.29, 1.82) is 0 Å². The molecule has 0 heterocycles. The van der Waals surface area contributed by atoms with E-state index < -0.39 is 6.10 Å². The maximum atomic E-state index is 13.0. The summed E-state index contributed by atoms with van der Waals surface area (Å²) in [7, 11) is 0. The van der Waals surface area contributed by atoms with Crippen molar-refractivity contribution in [2.24, 2.45) is 0 Å². The van der Waals surface area contributed by atoms with Gasteiger partial charge < -0.3 is 14.2 Å². The molecule has 0 spiro atoms. The fourth-order valence-electron chi connectivity index (χ4n) is 11.5. The molecule has 0 aliphatic carbocycles. The number of ether oxygens (including phenoxy) is 3. The van der Waals surface area contributed by atoms with Gasteiger partial charge in [-0.25, -0.2) is 0 Å². The summed E-state index contributed by atoms with van der Waals surface area (Å²) >= 11 is 0. The summed E-state index contributed by atoms with van der Waals surface area (Å²) < 4.78 is 17.0. The van der Waals surface area contributed by atoms with E-state index in [2.05, 4.69) is 57.2 Å². The number of carbonyl (C=O) groups excluding carboxylic acids is 3. The molecule has 0 N–H and O–H groups in total. The van der Waals surface area contributed by atoms with E-state index in [4.69, 9.17) is 14.2 Å². The van der Waals surface area contributed by atoms with Crippen LogP contribution in [-0.4, -0.2) is 37.2 Å². The van der Waals surface area contributed by atoms with Gasteiger partial charge in [-0.15, -0.1) is 0 Å². The lowest BCUT2D eigenvalue weighted by atomic mass is 10.0. The standard InChI is InChI=1S/C77H144O6/c1-4-7-10-13-16-19-22-25-27-29-31-33-35-37-38-39-40-41-43-44-46-48-50-52-55-58-61-64-67-70-76(79)82-73-74(72-81-75(78)69-66-63-60-57-54-24-21-18-15-12-9-6-3)83-77(80)71-68-65-62-59-56-53-51-49-47-45-42-36-34-32-30-28-26-23-20-17-14-11-8-5-2/h22,25,29,31,35,37,74H,4-21,23-24,26-28,30,32-34,36,38-73H2,1-3H3/b25-22-,31-29-,37-35-. The monoisotopic (exact) mass is 1170 g/mol. The fraction of sp³-hybridized carbons (Fsp3) is 0.883. The number of unbranched alkanes of at least 4 members (excludes halogenated alkanes) is 53. The Kier molecular flexibility index (Phi) is 70.0. The molecule has 0 aliphatic rings. The average molecular weight is 1170 g/mol. The molecule has 0 saturated heterocycles. The molecule has 6 heteroatoms. The number of allylic oxidation sites excluding steroid dienone is 6. The molecule has 0 rings (SSSR count). The molecule has 0 amide bonds. The molecule has 83 heavy (non-hydrogen) atoms. The van der Waals surface area contributed by atoms with Crippen LogP contribution in [0.2, 0.25) is 0 Å². The van der Waals surface area contributed by atoms with Crippen LogP contribution in [0.25, 0.3) is 0 Å². The number of carbonyl (C=O) groups is 3. The molecule has 1 unspecified atom stereocenters. The van der Waals surface area contributed by atoms with Crippen LogP contribution < -0.4 is 0 Å². The highest BCUT2D eigenvalue weighted by atomic mass is 16.6. The Bertz CT molecular complexity index is 1380. The smallest absolute Gasteiger partial charge is 0.306 e. The van der Waals surface area contributed by atoms with Gasteiger partial charge in [0.1, 0.15) is 13.2 Å². The molecule has 0 aromatic heterocycles. The molecule has 6 nitrogen and oxygen atoms in total. The summed E-state index contributed by atoms with van der Waals surface area (Å²) in [5.41, 5.74) is 0. The van der Waals surface area contributed by atoms with Gasteiger partial charge in [0.25, 0.3) is 0 Å². The highest BCUT2D eigenvalue weighted by Gasteiger charge is 2.20. The molecule has 0 fully saturated rings. The van der Waals surface area contributed by atoms with Gasteiger partial charge in [0.15, 0.2) is 6.10 Å². The van der Waals surface area contributed by atoms with E-state index in [1.807, 2.05) is 0 Å². The fourth-order valence-corrected chi connectivity index (χ4v) is 11.5. The lowest BCUT2D eigenvalue weighted by Gasteiger charge is -2.18. The van der Waals surface area contributed by atoms with Gasteiger partial charge >= 0.3 is 17.9 Å². The third-order valence-corrected chi connectivity index (χ3v) is 17.1. The number of esters is 3. The van der Waals surface area contributed by atoms with Crippen molar-refractivity contribution in [2.45, 2.75) is 425 Å². The summed E-state index contributed by atoms with van der Waals surface area (Å²) in [6, 6.07) is 0. The Labute approximate surface area is 518 Å². The molecular formula is C77H144O6. The third kappa shape index (κ3) is 70.3. The van der Waals surface area contributed by atoms with Crippen LogP contribution in [0, 0.1) is 0 Å². The predicted molar refractivity (Wildman–Crippen MR) is 362 cm³/mol. The minimum atomic E-state index is -0.769. The van der Waals surface area contributed by atoms with Crippen LogP contribution >= 0.6 is 0 Å². The Balaban J connectivity index is 4.17. The van der Waals surface area contributed by atoms with E-state index in [0.29, 0.717) is 19.3 Å². The second-order valence-corrected chi connectivity index (χ2v) is 25.6. The summed E-state index contributed by atoms with van der Waals surface area (Å²) in [6.45, 7) is 6.71. The van der Waals surface area contributed by atoms with Crippen molar-refractivity contribution in [3.05, 3.63) is 36.5 Å². The maximum Gasteiger partial charge on any atom is 0.306 e. The van der Waals surface area contributed by atoms with Gasteiger partial charge in [-0.1, -0.05) is 378 Å². The largest absolute Gasteiger partial charge is 0.462 e. The van der Waals surface area contributed by atoms with Gasteiger partial charge in [0.2, 0.25) is 0 Å². The zero-order valence-electron chi connectivity index (χ0n) is 56.2. The van der Waals surface area contributed by atoms with Gasteiger partial charge in [-0.05, 0) is 57.8 Å². The second kappa shape index (κ2) is 72.1. The van der Waals surface area contributed by atoms with E-state index in [1.54, 1.807) is 0 Å². The SMILES string of the molecule is CCCCCCC/C=C\C/C=C\C/C=C\CCCCCCCCCCCCCCCCC(=O)OCC(COC(=O)CCCCCCCCCCCCCC)OC(=O)CCCCCCCCCCCCCCCCCCCCCCCCCC. The van der Waals surface area contributed by atoms with Gasteiger partial charge in [0, 0.05) is 19.3 Å². The maximum absolute atomic E-state index is 13.0. The summed E-state index contributed by atoms with van der Waals surface area (Å²) in [5.74, 6) is -0.833. The summed E-state index contributed by atoms with van der Waals surface area (Å²) in [6.07, 6.45) is 90.5. The third-order valence-electron chi connectivity index (χ3n) is 17.1. The number of hydrogen-bond donors (Lipinski definition) is 0. The quantitative estimate of drug-likeness (QED) is 0.0261. The Morgan fingerprint density at radius 3 is 0.675 bits per heavy atom. The Morgan fingerprint density at radius 2 is 0.434 bits per heavy atom. The molecule has 1 atom stereocenters. The van der Waals surface area contributed by atoms with E-state index in [0.717, 1.165) is 70.6 Å². The highest BCUT2D eigenvalue weighted by Crippen LogP contribution is 2.19. The van der Waals surface area contributed by atoms with Crippen molar-refractivity contribution >= 4 is 17.9 Å². The lowest BCUT2D eigenvalue weighted by Crippen LogP contribution is -2.30. The topological polar surface area (TPSA) is 78.9 Å². The van der Waals surface area contributed by atoms with Crippen LogP contribution in [0.5, 0.6) is 0 Å². The molecule has 0 aromatic carbocycles. The summed E-state index contributed by atoms with van der Waals surface area (Å²) in [4.78, 5) is 38.5. The predicted octanol–water partition coefficient (Wildman–Crippen LogP) is 25.9. The first-order chi connectivity index (χ1) is 41.0. The molecular weight excluding hydrogens is 1020 g/mol. The van der Waals surface area contributed by atoms with Crippen LogP contribution in [0.15, 0.2) is 36.5 Å². The zero-order valence-corrected chi connectivity index (χ0v) is 56.2. The molecule has 0 bridgehead atoms. The van der Waals surface area contributed by atoms with Crippen molar-refractivity contribution in [1.82, 2.24) is 0 Å². The first kappa shape index (κ1) is 80.6. The number of rotatable bonds is 70.